The maximum atomic E-state index is 10.4. The molecule has 1 saturated carbocycles. The Balaban J connectivity index is 1.60. The van der Waals surface area contributed by atoms with E-state index < -0.39 is 11.0 Å². The van der Waals surface area contributed by atoms with E-state index in [2.05, 4.69) is 25.3 Å². The van der Waals surface area contributed by atoms with Crippen LogP contribution in [0.1, 0.15) is 44.0 Å². The third-order valence-corrected chi connectivity index (χ3v) is 5.05. The van der Waals surface area contributed by atoms with Crippen molar-refractivity contribution in [3.05, 3.63) is 60.1 Å². The van der Waals surface area contributed by atoms with Gasteiger partial charge in [0.2, 0.25) is 11.7 Å². The lowest BCUT2D eigenvalue weighted by molar-refractivity contribution is 0.0796. The highest BCUT2D eigenvalue weighted by molar-refractivity contribution is 5.54. The van der Waals surface area contributed by atoms with Gasteiger partial charge in [0.15, 0.2) is 11.5 Å². The molecular formula is C19H18N6O2. The second-order valence-electron chi connectivity index (χ2n) is 7.44. The molecule has 136 valence electrons. The largest absolute Gasteiger partial charge is 0.386 e. The van der Waals surface area contributed by atoms with E-state index in [4.69, 9.17) is 4.52 Å². The summed E-state index contributed by atoms with van der Waals surface area (Å²) in [5.74, 6) is 1.83. The van der Waals surface area contributed by atoms with E-state index >= 15 is 0 Å². The standard InChI is InChI=1S/C19H18N6O2/c1-18(2,26)13-4-3-11-25-15(13)22-23-16(25)19(7-8-19)17-21-14(24-27-17)12-5-9-20-10-6-12/h3-6,9-11,26H,7-8H2,1-2H3. The van der Waals surface area contributed by atoms with Gasteiger partial charge >= 0.3 is 0 Å². The Morgan fingerprint density at radius 1 is 1.15 bits per heavy atom. The van der Waals surface area contributed by atoms with Crippen LogP contribution in [0.3, 0.4) is 0 Å². The average Bonchev–Trinajstić information content (AvgIpc) is 3.12. The summed E-state index contributed by atoms with van der Waals surface area (Å²) in [6.45, 7) is 3.48. The molecule has 1 aliphatic rings. The maximum Gasteiger partial charge on any atom is 0.240 e. The molecule has 27 heavy (non-hydrogen) atoms. The van der Waals surface area contributed by atoms with Crippen molar-refractivity contribution in [2.75, 3.05) is 0 Å². The number of hydrogen-bond acceptors (Lipinski definition) is 7. The SMILES string of the molecule is CC(C)(O)c1cccn2c(C3(c4nc(-c5ccncc5)no4)CC3)nnc12. The van der Waals surface area contributed by atoms with Crippen molar-refractivity contribution >= 4 is 5.65 Å². The highest BCUT2D eigenvalue weighted by Gasteiger charge is 2.55. The van der Waals surface area contributed by atoms with Crippen LogP contribution < -0.4 is 0 Å². The lowest BCUT2D eigenvalue weighted by Crippen LogP contribution is -2.18. The highest BCUT2D eigenvalue weighted by atomic mass is 16.5. The van der Waals surface area contributed by atoms with E-state index in [9.17, 15) is 5.11 Å². The summed E-state index contributed by atoms with van der Waals surface area (Å²) in [7, 11) is 0. The van der Waals surface area contributed by atoms with Gasteiger partial charge in [0, 0.05) is 29.7 Å². The topological polar surface area (TPSA) is 102 Å². The summed E-state index contributed by atoms with van der Waals surface area (Å²) >= 11 is 0. The van der Waals surface area contributed by atoms with Crippen LogP contribution in [0.25, 0.3) is 17.0 Å². The molecule has 0 saturated heterocycles. The molecule has 4 aromatic rings. The van der Waals surface area contributed by atoms with Gasteiger partial charge in [-0.15, -0.1) is 10.2 Å². The van der Waals surface area contributed by atoms with E-state index in [1.807, 2.05) is 34.9 Å². The van der Waals surface area contributed by atoms with Crippen molar-refractivity contribution in [1.29, 1.82) is 0 Å². The monoisotopic (exact) mass is 362 g/mol. The molecule has 8 heteroatoms. The summed E-state index contributed by atoms with van der Waals surface area (Å²) in [5.41, 5.74) is 0.771. The average molecular weight is 362 g/mol. The number of aromatic nitrogens is 6. The van der Waals surface area contributed by atoms with Gasteiger partial charge < -0.3 is 9.63 Å². The van der Waals surface area contributed by atoms with Crippen LogP contribution in [0.5, 0.6) is 0 Å². The van der Waals surface area contributed by atoms with Crippen LogP contribution in [-0.2, 0) is 11.0 Å². The van der Waals surface area contributed by atoms with E-state index in [0.717, 1.165) is 29.8 Å². The molecule has 0 amide bonds. The predicted octanol–water partition coefficient (Wildman–Crippen LogP) is 2.48. The zero-order valence-corrected chi connectivity index (χ0v) is 15.0. The van der Waals surface area contributed by atoms with Crippen LogP contribution in [-0.4, -0.2) is 34.8 Å². The van der Waals surface area contributed by atoms with Gasteiger partial charge in [0.1, 0.15) is 5.41 Å². The zero-order chi connectivity index (χ0) is 18.6. The lowest BCUT2D eigenvalue weighted by atomic mass is 9.99. The predicted molar refractivity (Wildman–Crippen MR) is 95.8 cm³/mol. The molecule has 0 bridgehead atoms. The molecule has 4 heterocycles. The van der Waals surface area contributed by atoms with Crippen LogP contribution in [0, 0.1) is 0 Å². The number of pyridine rings is 2. The van der Waals surface area contributed by atoms with E-state index in [0.29, 0.717) is 17.4 Å². The molecule has 5 rings (SSSR count). The van der Waals surface area contributed by atoms with E-state index in [1.165, 1.54) is 0 Å². The fourth-order valence-corrected chi connectivity index (χ4v) is 3.41. The fourth-order valence-electron chi connectivity index (χ4n) is 3.41. The molecule has 0 unspecified atom stereocenters. The lowest BCUT2D eigenvalue weighted by Gasteiger charge is -2.18. The van der Waals surface area contributed by atoms with Crippen molar-refractivity contribution in [2.24, 2.45) is 0 Å². The molecule has 1 fully saturated rings. The van der Waals surface area contributed by atoms with Gasteiger partial charge in [-0.05, 0) is 44.9 Å². The Kier molecular flexibility index (Phi) is 3.23. The van der Waals surface area contributed by atoms with Crippen LogP contribution in [0.2, 0.25) is 0 Å². The van der Waals surface area contributed by atoms with Crippen molar-refractivity contribution in [3.63, 3.8) is 0 Å². The molecule has 0 aliphatic heterocycles. The minimum absolute atomic E-state index is 0.435. The van der Waals surface area contributed by atoms with E-state index in [1.54, 1.807) is 26.2 Å². The Hall–Kier alpha value is -3.13. The van der Waals surface area contributed by atoms with Crippen molar-refractivity contribution < 1.29 is 9.63 Å². The van der Waals surface area contributed by atoms with Crippen molar-refractivity contribution in [1.82, 2.24) is 29.7 Å². The van der Waals surface area contributed by atoms with Crippen LogP contribution in [0.15, 0.2) is 47.4 Å². The Morgan fingerprint density at radius 3 is 2.63 bits per heavy atom. The van der Waals surface area contributed by atoms with Gasteiger partial charge in [0.05, 0.1) is 5.60 Å². The first-order valence-corrected chi connectivity index (χ1v) is 8.81. The number of hydrogen-bond donors (Lipinski definition) is 1. The first-order chi connectivity index (χ1) is 13.0. The number of aliphatic hydroxyl groups is 1. The Labute approximate surface area is 154 Å². The maximum absolute atomic E-state index is 10.4. The third-order valence-electron chi connectivity index (χ3n) is 5.05. The molecule has 0 radical (unpaired) electrons. The number of nitrogens with zero attached hydrogens (tertiary/aromatic N) is 6. The fraction of sp³-hybridized carbons (Fsp3) is 0.316. The van der Waals surface area contributed by atoms with Crippen molar-refractivity contribution in [2.45, 2.75) is 37.7 Å². The van der Waals surface area contributed by atoms with Gasteiger partial charge in [-0.2, -0.15) is 4.98 Å². The first kappa shape index (κ1) is 16.1. The van der Waals surface area contributed by atoms with Gasteiger partial charge in [-0.3, -0.25) is 9.38 Å². The number of rotatable bonds is 4. The summed E-state index contributed by atoms with van der Waals surface area (Å²) in [4.78, 5) is 8.63. The van der Waals surface area contributed by atoms with Crippen molar-refractivity contribution in [3.8, 4) is 11.4 Å². The molecule has 0 spiro atoms. The van der Waals surface area contributed by atoms with Crippen LogP contribution in [0.4, 0.5) is 0 Å². The van der Waals surface area contributed by atoms with Gasteiger partial charge in [-0.1, -0.05) is 11.2 Å². The molecule has 0 aromatic carbocycles. The Morgan fingerprint density at radius 2 is 1.93 bits per heavy atom. The molecule has 1 aliphatic carbocycles. The molecule has 0 atom stereocenters. The van der Waals surface area contributed by atoms with Crippen LogP contribution >= 0.6 is 0 Å². The Bertz CT molecular complexity index is 1120. The minimum Gasteiger partial charge on any atom is -0.386 e. The summed E-state index contributed by atoms with van der Waals surface area (Å²) in [6.07, 6.45) is 7.02. The summed E-state index contributed by atoms with van der Waals surface area (Å²) in [5, 5.41) is 23.3. The second kappa shape index (κ2) is 5.43. The number of fused-ring (bicyclic) bond motifs is 1. The van der Waals surface area contributed by atoms with Gasteiger partial charge in [0.25, 0.3) is 0 Å². The summed E-state index contributed by atoms with van der Waals surface area (Å²) in [6, 6.07) is 7.44. The summed E-state index contributed by atoms with van der Waals surface area (Å²) < 4.78 is 7.52. The smallest absolute Gasteiger partial charge is 0.240 e. The third kappa shape index (κ3) is 2.44. The second-order valence-corrected chi connectivity index (χ2v) is 7.44. The first-order valence-electron chi connectivity index (χ1n) is 8.81. The van der Waals surface area contributed by atoms with Gasteiger partial charge in [-0.25, -0.2) is 0 Å². The minimum atomic E-state index is -1.01. The quantitative estimate of drug-likeness (QED) is 0.595. The molecule has 4 aromatic heterocycles. The zero-order valence-electron chi connectivity index (χ0n) is 15.0. The highest BCUT2D eigenvalue weighted by Crippen LogP contribution is 2.52. The van der Waals surface area contributed by atoms with E-state index in [-0.39, 0.29) is 0 Å². The molecule has 1 N–H and O–H groups in total. The normalized spacial score (nSPS) is 16.0. The molecule has 8 nitrogen and oxygen atoms in total. The molecular weight excluding hydrogens is 344 g/mol.